The zero-order chi connectivity index (χ0) is 10.9. The van der Waals surface area contributed by atoms with E-state index in [1.165, 1.54) is 0 Å². The van der Waals surface area contributed by atoms with E-state index < -0.39 is 5.41 Å². The van der Waals surface area contributed by atoms with Gasteiger partial charge in [0, 0.05) is 24.9 Å². The number of β-amino-alcohol motifs (C(OH)–C–C–N with tert-alkyl or cyclic N) is 1. The van der Waals surface area contributed by atoms with Crippen LogP contribution in [0.2, 0.25) is 0 Å². The van der Waals surface area contributed by atoms with Crippen LogP contribution < -0.4 is 0 Å². The normalized spacial score (nSPS) is 28.2. The van der Waals surface area contributed by atoms with Crippen LogP contribution >= 0.6 is 11.6 Å². The molecule has 0 radical (unpaired) electrons. The molecule has 1 aliphatic heterocycles. The summed E-state index contributed by atoms with van der Waals surface area (Å²) in [5, 5.41) is 9.53. The Hall–Kier alpha value is -0.280. The average molecular weight is 220 g/mol. The van der Waals surface area contributed by atoms with Crippen molar-refractivity contribution in [2.45, 2.75) is 26.9 Å². The highest BCUT2D eigenvalue weighted by atomic mass is 35.5. The Labute approximate surface area is 90.0 Å². The Bertz CT molecular complexity index is 220. The number of aliphatic hydroxyl groups excluding tert-OH is 1. The van der Waals surface area contributed by atoms with E-state index in [0.29, 0.717) is 19.0 Å². The zero-order valence-corrected chi connectivity index (χ0v) is 9.71. The third kappa shape index (κ3) is 2.20. The maximum absolute atomic E-state index is 11.9. The van der Waals surface area contributed by atoms with Gasteiger partial charge in [0.15, 0.2) is 0 Å². The fourth-order valence-corrected chi connectivity index (χ4v) is 1.71. The fourth-order valence-electron chi connectivity index (χ4n) is 1.60. The van der Waals surface area contributed by atoms with Gasteiger partial charge in [0.25, 0.3) is 0 Å². The Morgan fingerprint density at radius 1 is 1.57 bits per heavy atom. The summed E-state index contributed by atoms with van der Waals surface area (Å²) in [5.41, 5.74) is -0.522. The fraction of sp³-hybridized carbons (Fsp3) is 0.900. The minimum absolute atomic E-state index is 0.0379. The van der Waals surface area contributed by atoms with E-state index in [-0.39, 0.29) is 17.9 Å². The van der Waals surface area contributed by atoms with Crippen molar-refractivity contribution in [2.75, 3.05) is 19.0 Å². The third-order valence-corrected chi connectivity index (χ3v) is 3.44. The Morgan fingerprint density at radius 2 is 2.14 bits per heavy atom. The van der Waals surface area contributed by atoms with Gasteiger partial charge in [0.1, 0.15) is 0 Å². The van der Waals surface area contributed by atoms with Crippen LogP contribution in [-0.4, -0.2) is 41.0 Å². The molecule has 2 atom stereocenters. The van der Waals surface area contributed by atoms with Gasteiger partial charge < -0.3 is 10.0 Å². The van der Waals surface area contributed by atoms with Crippen molar-refractivity contribution >= 4 is 17.5 Å². The molecule has 1 fully saturated rings. The van der Waals surface area contributed by atoms with E-state index in [2.05, 4.69) is 0 Å². The van der Waals surface area contributed by atoms with Gasteiger partial charge in [-0.1, -0.05) is 6.92 Å². The topological polar surface area (TPSA) is 40.5 Å². The molecule has 1 N–H and O–H groups in total. The summed E-state index contributed by atoms with van der Waals surface area (Å²) in [5.74, 6) is 0.522. The molecule has 1 amide bonds. The molecule has 14 heavy (non-hydrogen) atoms. The van der Waals surface area contributed by atoms with E-state index in [1.54, 1.807) is 4.90 Å². The number of carbonyl (C=O) groups is 1. The molecule has 0 aromatic rings. The Morgan fingerprint density at radius 3 is 2.50 bits per heavy atom. The first-order valence-electron chi connectivity index (χ1n) is 4.92. The van der Waals surface area contributed by atoms with Gasteiger partial charge in [0.05, 0.1) is 11.5 Å². The maximum Gasteiger partial charge on any atom is 0.229 e. The second-order valence-corrected chi connectivity index (χ2v) is 5.04. The van der Waals surface area contributed by atoms with Gasteiger partial charge in [-0.2, -0.15) is 0 Å². The van der Waals surface area contributed by atoms with Gasteiger partial charge in [-0.05, 0) is 13.8 Å². The molecule has 0 bridgehead atoms. The molecule has 0 aliphatic carbocycles. The minimum atomic E-state index is -0.522. The van der Waals surface area contributed by atoms with E-state index >= 15 is 0 Å². The maximum atomic E-state index is 11.9. The molecule has 0 aromatic carbocycles. The van der Waals surface area contributed by atoms with Crippen molar-refractivity contribution in [2.24, 2.45) is 11.3 Å². The van der Waals surface area contributed by atoms with Crippen LogP contribution in [-0.2, 0) is 4.79 Å². The van der Waals surface area contributed by atoms with Crippen molar-refractivity contribution < 1.29 is 9.90 Å². The molecule has 1 saturated heterocycles. The number of amides is 1. The predicted molar refractivity (Wildman–Crippen MR) is 56.3 cm³/mol. The SMILES string of the molecule is CC1CN(C(=O)C(C)(C)CCl)CC1O. The van der Waals surface area contributed by atoms with Crippen LogP contribution in [0.5, 0.6) is 0 Å². The molecule has 1 heterocycles. The molecule has 82 valence electrons. The molecular weight excluding hydrogens is 202 g/mol. The highest BCUT2D eigenvalue weighted by molar-refractivity contribution is 6.19. The predicted octanol–water partition coefficient (Wildman–Crippen LogP) is 1.09. The third-order valence-electron chi connectivity index (χ3n) is 2.77. The Kier molecular flexibility index (Phi) is 3.43. The van der Waals surface area contributed by atoms with Gasteiger partial charge >= 0.3 is 0 Å². The summed E-state index contributed by atoms with van der Waals surface area (Å²) in [4.78, 5) is 13.6. The van der Waals surface area contributed by atoms with E-state index in [0.717, 1.165) is 0 Å². The van der Waals surface area contributed by atoms with Gasteiger partial charge in [-0.3, -0.25) is 4.79 Å². The average Bonchev–Trinajstić information content (AvgIpc) is 2.45. The molecular formula is C10H18ClNO2. The second kappa shape index (κ2) is 4.07. The van der Waals surface area contributed by atoms with Crippen molar-refractivity contribution in [3.05, 3.63) is 0 Å². The number of aliphatic hydroxyl groups is 1. The second-order valence-electron chi connectivity index (χ2n) is 4.77. The van der Waals surface area contributed by atoms with Crippen LogP contribution in [0.4, 0.5) is 0 Å². The number of carbonyl (C=O) groups excluding carboxylic acids is 1. The lowest BCUT2D eigenvalue weighted by atomic mass is 9.94. The first-order valence-corrected chi connectivity index (χ1v) is 5.45. The molecule has 1 aliphatic rings. The lowest BCUT2D eigenvalue weighted by molar-refractivity contribution is -0.138. The van der Waals surface area contributed by atoms with Crippen LogP contribution in [0.1, 0.15) is 20.8 Å². The highest BCUT2D eigenvalue weighted by Gasteiger charge is 2.37. The molecule has 0 saturated carbocycles. The van der Waals surface area contributed by atoms with Gasteiger partial charge in [-0.15, -0.1) is 11.6 Å². The van der Waals surface area contributed by atoms with Gasteiger partial charge in [-0.25, -0.2) is 0 Å². The van der Waals surface area contributed by atoms with E-state index in [9.17, 15) is 9.90 Å². The summed E-state index contributed by atoms with van der Waals surface area (Å²) < 4.78 is 0. The number of rotatable bonds is 2. The van der Waals surface area contributed by atoms with Crippen LogP contribution in [0, 0.1) is 11.3 Å². The molecule has 3 nitrogen and oxygen atoms in total. The number of alkyl halides is 1. The molecule has 0 spiro atoms. The summed E-state index contributed by atoms with van der Waals surface area (Å²) in [7, 11) is 0. The van der Waals surface area contributed by atoms with Crippen molar-refractivity contribution in [3.8, 4) is 0 Å². The van der Waals surface area contributed by atoms with E-state index in [1.807, 2.05) is 20.8 Å². The Balaban J connectivity index is 2.64. The monoisotopic (exact) mass is 219 g/mol. The minimum Gasteiger partial charge on any atom is -0.391 e. The highest BCUT2D eigenvalue weighted by Crippen LogP contribution is 2.25. The van der Waals surface area contributed by atoms with Gasteiger partial charge in [0.2, 0.25) is 5.91 Å². The van der Waals surface area contributed by atoms with Crippen molar-refractivity contribution in [3.63, 3.8) is 0 Å². The summed E-state index contributed by atoms with van der Waals surface area (Å²) in [6, 6.07) is 0. The standard InChI is InChI=1S/C10H18ClNO2/c1-7-4-12(5-8(7)13)9(14)10(2,3)6-11/h7-8,13H,4-6H2,1-3H3. The number of halogens is 1. The number of hydrogen-bond donors (Lipinski definition) is 1. The summed E-state index contributed by atoms with van der Waals surface area (Å²) in [6.07, 6.45) is -0.384. The number of hydrogen-bond acceptors (Lipinski definition) is 2. The van der Waals surface area contributed by atoms with Crippen molar-refractivity contribution in [1.82, 2.24) is 4.90 Å². The van der Waals surface area contributed by atoms with Crippen LogP contribution in [0.25, 0.3) is 0 Å². The number of likely N-dealkylation sites (tertiary alicyclic amines) is 1. The molecule has 1 rings (SSSR count). The number of nitrogens with zero attached hydrogens (tertiary/aromatic N) is 1. The lowest BCUT2D eigenvalue weighted by Gasteiger charge is -2.27. The molecule has 2 unspecified atom stereocenters. The molecule has 0 aromatic heterocycles. The first kappa shape index (κ1) is 11.8. The van der Waals surface area contributed by atoms with Crippen LogP contribution in [0.15, 0.2) is 0 Å². The first-order chi connectivity index (χ1) is 6.38. The largest absolute Gasteiger partial charge is 0.391 e. The molecule has 4 heteroatoms. The van der Waals surface area contributed by atoms with Crippen LogP contribution in [0.3, 0.4) is 0 Å². The smallest absolute Gasteiger partial charge is 0.229 e. The van der Waals surface area contributed by atoms with Crippen molar-refractivity contribution in [1.29, 1.82) is 0 Å². The summed E-state index contributed by atoms with van der Waals surface area (Å²) >= 11 is 5.73. The quantitative estimate of drug-likeness (QED) is 0.707. The van der Waals surface area contributed by atoms with E-state index in [4.69, 9.17) is 11.6 Å². The summed E-state index contributed by atoms with van der Waals surface area (Å²) in [6.45, 7) is 6.70. The lowest BCUT2D eigenvalue weighted by Crippen LogP contribution is -2.41. The zero-order valence-electron chi connectivity index (χ0n) is 8.96.